The minimum Gasteiger partial charge on any atom is -0.465 e. The van der Waals surface area contributed by atoms with Crippen LogP contribution in [0.1, 0.15) is 51.4 Å². The molecule has 3 heteroatoms. The van der Waals surface area contributed by atoms with E-state index >= 15 is 0 Å². The fraction of sp³-hybridized carbons (Fsp3) is 0.923. The van der Waals surface area contributed by atoms with E-state index in [0.717, 1.165) is 25.9 Å². The normalized spacial score (nSPS) is 30.0. The molecule has 0 N–H and O–H groups in total. The lowest BCUT2D eigenvalue weighted by atomic mass is 10.0. The summed E-state index contributed by atoms with van der Waals surface area (Å²) in [6.07, 6.45) is 9.48. The number of carbonyl (C=O) groups is 1. The van der Waals surface area contributed by atoms with Crippen LogP contribution in [0.3, 0.4) is 0 Å². The molecule has 0 aromatic rings. The van der Waals surface area contributed by atoms with Gasteiger partial charge in [0.15, 0.2) is 0 Å². The van der Waals surface area contributed by atoms with Gasteiger partial charge in [-0.1, -0.05) is 25.7 Å². The van der Waals surface area contributed by atoms with E-state index in [4.69, 9.17) is 4.74 Å². The van der Waals surface area contributed by atoms with E-state index in [1.165, 1.54) is 38.5 Å². The van der Waals surface area contributed by atoms with Crippen molar-refractivity contribution in [3.05, 3.63) is 0 Å². The average Bonchev–Trinajstić information content (AvgIpc) is 2.80. The van der Waals surface area contributed by atoms with Gasteiger partial charge in [0.25, 0.3) is 0 Å². The first-order valence-corrected chi connectivity index (χ1v) is 6.78. The summed E-state index contributed by atoms with van der Waals surface area (Å²) in [6, 6.07) is 0.0561. The zero-order chi connectivity index (χ0) is 11.2. The Balaban J connectivity index is 1.91. The van der Waals surface area contributed by atoms with E-state index < -0.39 is 0 Å². The number of nitrogens with zero attached hydrogens (tertiary/aromatic N) is 1. The lowest BCUT2D eigenvalue weighted by Crippen LogP contribution is -2.40. The smallest absolute Gasteiger partial charge is 0.323 e. The third kappa shape index (κ3) is 3.21. The Bertz CT molecular complexity index is 224. The zero-order valence-electron chi connectivity index (χ0n) is 10.1. The van der Waals surface area contributed by atoms with Crippen molar-refractivity contribution in [1.29, 1.82) is 0 Å². The molecule has 2 aliphatic heterocycles. The van der Waals surface area contributed by atoms with E-state index in [-0.39, 0.29) is 12.0 Å². The van der Waals surface area contributed by atoms with Crippen LogP contribution in [-0.4, -0.2) is 36.6 Å². The molecule has 2 aliphatic rings. The third-order valence-corrected chi connectivity index (χ3v) is 3.72. The van der Waals surface area contributed by atoms with Crippen molar-refractivity contribution in [2.45, 2.75) is 57.4 Å². The maximum atomic E-state index is 12.0. The van der Waals surface area contributed by atoms with Gasteiger partial charge in [-0.15, -0.1) is 0 Å². The molecule has 2 saturated heterocycles. The second-order valence-electron chi connectivity index (χ2n) is 4.98. The standard InChI is InChI=1S/C13H23NO2/c15-13-12(14-9-5-6-10-14)8-4-2-1-3-7-11-16-13/h12H,1-11H2. The first-order valence-electron chi connectivity index (χ1n) is 6.78. The van der Waals surface area contributed by atoms with Crippen molar-refractivity contribution in [1.82, 2.24) is 4.90 Å². The van der Waals surface area contributed by atoms with Gasteiger partial charge >= 0.3 is 5.97 Å². The Kier molecular flexibility index (Phi) is 4.64. The van der Waals surface area contributed by atoms with Crippen LogP contribution in [0.25, 0.3) is 0 Å². The van der Waals surface area contributed by atoms with Gasteiger partial charge in [-0.3, -0.25) is 9.69 Å². The lowest BCUT2D eigenvalue weighted by molar-refractivity contribution is -0.150. The molecule has 0 radical (unpaired) electrons. The van der Waals surface area contributed by atoms with Crippen LogP contribution in [0.4, 0.5) is 0 Å². The van der Waals surface area contributed by atoms with Gasteiger partial charge in [0.05, 0.1) is 6.61 Å². The Morgan fingerprint density at radius 2 is 1.62 bits per heavy atom. The molecular formula is C13H23NO2. The highest BCUT2D eigenvalue weighted by atomic mass is 16.5. The van der Waals surface area contributed by atoms with Crippen LogP contribution in [0, 0.1) is 0 Å². The van der Waals surface area contributed by atoms with E-state index in [1.807, 2.05) is 0 Å². The van der Waals surface area contributed by atoms with Crippen molar-refractivity contribution in [2.24, 2.45) is 0 Å². The average molecular weight is 225 g/mol. The second kappa shape index (κ2) is 6.24. The van der Waals surface area contributed by atoms with Gasteiger partial charge in [-0.05, 0) is 38.8 Å². The molecule has 1 atom stereocenters. The molecule has 0 aromatic carbocycles. The number of hydrogen-bond acceptors (Lipinski definition) is 3. The molecule has 0 spiro atoms. The van der Waals surface area contributed by atoms with Crippen molar-refractivity contribution in [3.63, 3.8) is 0 Å². The van der Waals surface area contributed by atoms with Gasteiger partial charge in [-0.2, -0.15) is 0 Å². The number of esters is 1. The van der Waals surface area contributed by atoms with Crippen molar-refractivity contribution < 1.29 is 9.53 Å². The maximum absolute atomic E-state index is 12.0. The van der Waals surface area contributed by atoms with Crippen molar-refractivity contribution in [2.75, 3.05) is 19.7 Å². The highest BCUT2D eigenvalue weighted by Crippen LogP contribution is 2.19. The van der Waals surface area contributed by atoms with Crippen LogP contribution in [0.15, 0.2) is 0 Å². The fourth-order valence-electron chi connectivity index (χ4n) is 2.74. The number of cyclic esters (lactones) is 1. The molecule has 2 fully saturated rings. The molecule has 0 aromatic heterocycles. The number of rotatable bonds is 1. The quantitative estimate of drug-likeness (QED) is 0.642. The van der Waals surface area contributed by atoms with Crippen LogP contribution in [0.5, 0.6) is 0 Å². The number of hydrogen-bond donors (Lipinski definition) is 0. The number of ether oxygens (including phenoxy) is 1. The first kappa shape index (κ1) is 11.9. The molecular weight excluding hydrogens is 202 g/mol. The second-order valence-corrected chi connectivity index (χ2v) is 4.98. The summed E-state index contributed by atoms with van der Waals surface area (Å²) in [7, 11) is 0. The minimum atomic E-state index is 0.0313. The largest absolute Gasteiger partial charge is 0.465 e. The maximum Gasteiger partial charge on any atom is 0.323 e. The highest BCUT2D eigenvalue weighted by molar-refractivity contribution is 5.75. The summed E-state index contributed by atoms with van der Waals surface area (Å²) in [5.74, 6) is 0.0313. The van der Waals surface area contributed by atoms with E-state index in [0.29, 0.717) is 6.61 Å². The summed E-state index contributed by atoms with van der Waals surface area (Å²) < 4.78 is 5.36. The van der Waals surface area contributed by atoms with Gasteiger partial charge < -0.3 is 4.74 Å². The molecule has 3 nitrogen and oxygen atoms in total. The van der Waals surface area contributed by atoms with E-state index in [2.05, 4.69) is 4.90 Å². The predicted octanol–water partition coefficient (Wildman–Crippen LogP) is 2.35. The van der Waals surface area contributed by atoms with Crippen molar-refractivity contribution >= 4 is 5.97 Å². The summed E-state index contributed by atoms with van der Waals surface area (Å²) in [5.41, 5.74) is 0. The number of carbonyl (C=O) groups excluding carboxylic acids is 1. The topological polar surface area (TPSA) is 29.5 Å². The summed E-state index contributed by atoms with van der Waals surface area (Å²) in [4.78, 5) is 14.3. The predicted molar refractivity (Wildman–Crippen MR) is 63.3 cm³/mol. The van der Waals surface area contributed by atoms with Crippen LogP contribution in [0.2, 0.25) is 0 Å². The van der Waals surface area contributed by atoms with Crippen molar-refractivity contribution in [3.8, 4) is 0 Å². The van der Waals surface area contributed by atoms with E-state index in [1.54, 1.807) is 0 Å². The van der Waals surface area contributed by atoms with Crippen LogP contribution >= 0.6 is 0 Å². The molecule has 16 heavy (non-hydrogen) atoms. The van der Waals surface area contributed by atoms with Gasteiger partial charge in [0.2, 0.25) is 0 Å². The SMILES string of the molecule is O=C1OCCCCCCCC1N1CCCC1. The van der Waals surface area contributed by atoms with E-state index in [9.17, 15) is 4.79 Å². The highest BCUT2D eigenvalue weighted by Gasteiger charge is 2.28. The lowest BCUT2D eigenvalue weighted by Gasteiger charge is -2.26. The zero-order valence-corrected chi connectivity index (χ0v) is 10.1. The summed E-state index contributed by atoms with van der Waals surface area (Å²) >= 11 is 0. The third-order valence-electron chi connectivity index (χ3n) is 3.72. The number of likely N-dealkylation sites (tertiary alicyclic amines) is 1. The monoisotopic (exact) mass is 225 g/mol. The van der Waals surface area contributed by atoms with Gasteiger partial charge in [-0.25, -0.2) is 0 Å². The molecule has 0 aliphatic carbocycles. The fourth-order valence-corrected chi connectivity index (χ4v) is 2.74. The van der Waals surface area contributed by atoms with Crippen LogP contribution in [-0.2, 0) is 9.53 Å². The molecule has 92 valence electrons. The van der Waals surface area contributed by atoms with Gasteiger partial charge in [0.1, 0.15) is 6.04 Å². The molecule has 0 bridgehead atoms. The molecule has 0 saturated carbocycles. The summed E-state index contributed by atoms with van der Waals surface area (Å²) in [5, 5.41) is 0. The van der Waals surface area contributed by atoms with Crippen LogP contribution < -0.4 is 0 Å². The Labute approximate surface area is 98.1 Å². The first-order chi connectivity index (χ1) is 7.88. The molecule has 2 heterocycles. The minimum absolute atomic E-state index is 0.0313. The molecule has 2 rings (SSSR count). The molecule has 1 unspecified atom stereocenters. The van der Waals surface area contributed by atoms with Gasteiger partial charge in [0, 0.05) is 0 Å². The Morgan fingerprint density at radius 3 is 2.44 bits per heavy atom. The Hall–Kier alpha value is -0.570. The Morgan fingerprint density at radius 1 is 0.938 bits per heavy atom. The molecule has 0 amide bonds. The summed E-state index contributed by atoms with van der Waals surface area (Å²) in [6.45, 7) is 2.79.